The summed E-state index contributed by atoms with van der Waals surface area (Å²) < 4.78 is 0. The Hall–Kier alpha value is -0.630. The van der Waals surface area contributed by atoms with E-state index in [1.165, 1.54) is 0 Å². The Morgan fingerprint density at radius 3 is 2.36 bits per heavy atom. The van der Waals surface area contributed by atoms with Crippen LogP contribution in [0.5, 0.6) is 0 Å². The number of allylic oxidation sites excluding steroid dienone is 2. The molecule has 2 heteroatoms. The van der Waals surface area contributed by atoms with Gasteiger partial charge in [0.05, 0.1) is 0 Å². The van der Waals surface area contributed by atoms with E-state index in [4.69, 9.17) is 0 Å². The van der Waals surface area contributed by atoms with E-state index in [1.807, 2.05) is 38.9 Å². The molecule has 0 atom stereocenters. The van der Waals surface area contributed by atoms with Gasteiger partial charge in [0.25, 0.3) is 0 Å². The van der Waals surface area contributed by atoms with E-state index >= 15 is 0 Å². The molecule has 0 N–H and O–H groups in total. The Kier molecular flexibility index (Phi) is 4.79. The van der Waals surface area contributed by atoms with Crippen molar-refractivity contribution < 1.29 is 4.79 Å². The fourth-order valence-electron chi connectivity index (χ4n) is 0.683. The van der Waals surface area contributed by atoms with Crippen molar-refractivity contribution in [2.75, 3.05) is 20.6 Å². The molecule has 0 aromatic rings. The molecule has 0 aliphatic heterocycles. The van der Waals surface area contributed by atoms with Gasteiger partial charge in [-0.25, -0.2) is 0 Å². The summed E-state index contributed by atoms with van der Waals surface area (Å²) in [5, 5.41) is 0. The van der Waals surface area contributed by atoms with E-state index in [1.54, 1.807) is 0 Å². The van der Waals surface area contributed by atoms with Crippen LogP contribution in [0.1, 0.15) is 20.3 Å². The van der Waals surface area contributed by atoms with Crippen LogP contribution in [0.3, 0.4) is 0 Å². The third-order valence-corrected chi connectivity index (χ3v) is 1.66. The van der Waals surface area contributed by atoms with Gasteiger partial charge in [0.1, 0.15) is 0 Å². The van der Waals surface area contributed by atoms with Crippen molar-refractivity contribution in [1.29, 1.82) is 0 Å². The van der Waals surface area contributed by atoms with Crippen molar-refractivity contribution in [3.05, 3.63) is 11.6 Å². The molecule has 0 unspecified atom stereocenters. The van der Waals surface area contributed by atoms with Gasteiger partial charge in [-0.3, -0.25) is 4.79 Å². The number of carbonyl (C=O) groups excluding carboxylic acids is 1. The number of hydrogen-bond acceptors (Lipinski definition) is 2. The van der Waals surface area contributed by atoms with Gasteiger partial charge in [0.15, 0.2) is 5.78 Å². The summed E-state index contributed by atoms with van der Waals surface area (Å²) in [6.45, 7) is 4.59. The minimum absolute atomic E-state index is 0.251. The zero-order valence-electron chi connectivity index (χ0n) is 7.85. The molecule has 0 rings (SSSR count). The summed E-state index contributed by atoms with van der Waals surface area (Å²) in [4.78, 5) is 13.2. The fourth-order valence-corrected chi connectivity index (χ4v) is 0.683. The summed E-state index contributed by atoms with van der Waals surface area (Å²) in [6.07, 6.45) is 2.49. The molecule has 0 aromatic carbocycles. The first-order valence-corrected chi connectivity index (χ1v) is 3.88. The predicted octanol–water partition coefficient (Wildman–Crippen LogP) is 1.47. The second kappa shape index (κ2) is 5.08. The number of ketones is 1. The van der Waals surface area contributed by atoms with E-state index in [2.05, 4.69) is 0 Å². The van der Waals surface area contributed by atoms with Crippen LogP contribution < -0.4 is 0 Å². The minimum Gasteiger partial charge on any atom is -0.309 e. The van der Waals surface area contributed by atoms with Gasteiger partial charge in [0, 0.05) is 13.0 Å². The lowest BCUT2D eigenvalue weighted by molar-refractivity contribution is -0.115. The Bertz CT molecular complexity index is 159. The lowest BCUT2D eigenvalue weighted by Gasteiger charge is -2.07. The highest BCUT2D eigenvalue weighted by atomic mass is 16.1. The van der Waals surface area contributed by atoms with Crippen molar-refractivity contribution in [1.82, 2.24) is 4.90 Å². The van der Waals surface area contributed by atoms with Gasteiger partial charge in [-0.05, 0) is 33.5 Å². The van der Waals surface area contributed by atoms with Crippen LogP contribution in [0.2, 0.25) is 0 Å². The SMILES string of the molecule is CC=C(C)C(=O)CCN(C)C. The van der Waals surface area contributed by atoms with Crippen molar-refractivity contribution in [3.8, 4) is 0 Å². The second-order valence-corrected chi connectivity index (χ2v) is 2.95. The third-order valence-electron chi connectivity index (χ3n) is 1.66. The first kappa shape index (κ1) is 10.4. The zero-order chi connectivity index (χ0) is 8.85. The maximum atomic E-state index is 11.2. The number of rotatable bonds is 4. The van der Waals surface area contributed by atoms with Gasteiger partial charge in [0.2, 0.25) is 0 Å². The topological polar surface area (TPSA) is 20.3 Å². The fraction of sp³-hybridized carbons (Fsp3) is 0.667. The smallest absolute Gasteiger partial charge is 0.159 e. The Labute approximate surface area is 68.9 Å². The molecule has 0 saturated carbocycles. The maximum absolute atomic E-state index is 11.2. The standard InChI is InChI=1S/C9H17NO/c1-5-8(2)9(11)6-7-10(3)4/h5H,6-7H2,1-4H3. The molecule has 0 spiro atoms. The molecule has 64 valence electrons. The largest absolute Gasteiger partial charge is 0.309 e. The van der Waals surface area contributed by atoms with Crippen molar-refractivity contribution in [3.63, 3.8) is 0 Å². The average molecular weight is 155 g/mol. The van der Waals surface area contributed by atoms with E-state index < -0.39 is 0 Å². The zero-order valence-corrected chi connectivity index (χ0v) is 7.85. The summed E-state index contributed by atoms with van der Waals surface area (Å²) in [5.41, 5.74) is 0.867. The Morgan fingerprint density at radius 2 is 2.00 bits per heavy atom. The third kappa shape index (κ3) is 4.73. The normalized spacial score (nSPS) is 12.3. The first-order chi connectivity index (χ1) is 5.07. The minimum atomic E-state index is 0.251. The molecule has 2 nitrogen and oxygen atoms in total. The van der Waals surface area contributed by atoms with E-state index in [-0.39, 0.29) is 5.78 Å². The van der Waals surface area contributed by atoms with E-state index in [9.17, 15) is 4.79 Å². The van der Waals surface area contributed by atoms with Crippen molar-refractivity contribution in [2.24, 2.45) is 0 Å². The van der Waals surface area contributed by atoms with Gasteiger partial charge in [-0.15, -0.1) is 0 Å². The predicted molar refractivity (Wildman–Crippen MR) is 47.6 cm³/mol. The molecule has 0 radical (unpaired) electrons. The van der Waals surface area contributed by atoms with Gasteiger partial charge >= 0.3 is 0 Å². The number of hydrogen-bond donors (Lipinski definition) is 0. The van der Waals surface area contributed by atoms with Crippen LogP contribution in [-0.4, -0.2) is 31.3 Å². The monoisotopic (exact) mass is 155 g/mol. The highest BCUT2D eigenvalue weighted by molar-refractivity contribution is 5.94. The van der Waals surface area contributed by atoms with Crippen LogP contribution in [0.4, 0.5) is 0 Å². The number of carbonyl (C=O) groups is 1. The summed E-state index contributed by atoms with van der Waals surface area (Å²) in [7, 11) is 3.94. The van der Waals surface area contributed by atoms with Crippen LogP contribution >= 0.6 is 0 Å². The quantitative estimate of drug-likeness (QED) is 0.573. The van der Waals surface area contributed by atoms with Crippen molar-refractivity contribution >= 4 is 5.78 Å². The highest BCUT2D eigenvalue weighted by Crippen LogP contribution is 1.98. The molecular weight excluding hydrogens is 138 g/mol. The summed E-state index contributed by atoms with van der Waals surface area (Å²) >= 11 is 0. The maximum Gasteiger partial charge on any atom is 0.159 e. The molecular formula is C9H17NO. The Morgan fingerprint density at radius 1 is 1.45 bits per heavy atom. The first-order valence-electron chi connectivity index (χ1n) is 3.88. The molecule has 0 aliphatic carbocycles. The molecule has 0 amide bonds. The molecule has 11 heavy (non-hydrogen) atoms. The highest BCUT2D eigenvalue weighted by Gasteiger charge is 2.02. The summed E-state index contributed by atoms with van der Waals surface area (Å²) in [5.74, 6) is 0.251. The second-order valence-electron chi connectivity index (χ2n) is 2.95. The van der Waals surface area contributed by atoms with Crippen LogP contribution in [0.15, 0.2) is 11.6 Å². The number of nitrogens with zero attached hydrogens (tertiary/aromatic N) is 1. The van der Waals surface area contributed by atoms with Crippen LogP contribution in [0, 0.1) is 0 Å². The summed E-state index contributed by atoms with van der Waals surface area (Å²) in [6, 6.07) is 0. The van der Waals surface area contributed by atoms with Crippen molar-refractivity contribution in [2.45, 2.75) is 20.3 Å². The van der Waals surface area contributed by atoms with E-state index in [0.717, 1.165) is 12.1 Å². The van der Waals surface area contributed by atoms with Crippen LogP contribution in [-0.2, 0) is 4.79 Å². The molecule has 0 aromatic heterocycles. The molecule has 0 aliphatic rings. The van der Waals surface area contributed by atoms with E-state index in [0.29, 0.717) is 6.42 Å². The average Bonchev–Trinajstić information content (AvgIpc) is 1.98. The lowest BCUT2D eigenvalue weighted by Crippen LogP contribution is -2.16. The lowest BCUT2D eigenvalue weighted by atomic mass is 10.1. The number of Topliss-reactive ketones (excluding diaryl/α,β-unsaturated/α-hetero) is 1. The molecule has 0 saturated heterocycles. The van der Waals surface area contributed by atoms with Gasteiger partial charge < -0.3 is 4.90 Å². The Balaban J connectivity index is 3.71. The molecule has 0 heterocycles. The van der Waals surface area contributed by atoms with Crippen LogP contribution in [0.25, 0.3) is 0 Å². The molecule has 0 bridgehead atoms. The van der Waals surface area contributed by atoms with Gasteiger partial charge in [-0.1, -0.05) is 6.08 Å². The molecule has 0 fully saturated rings. The van der Waals surface area contributed by atoms with Gasteiger partial charge in [-0.2, -0.15) is 0 Å².